The lowest BCUT2D eigenvalue weighted by atomic mass is 10.4. The topological polar surface area (TPSA) is 38.3 Å². The zero-order chi connectivity index (χ0) is 11.2. The third-order valence-corrected chi connectivity index (χ3v) is 1.37. The third-order valence-electron chi connectivity index (χ3n) is 1.17. The van der Waals surface area contributed by atoms with Crippen molar-refractivity contribution >= 4 is 17.5 Å². The molecule has 7 heteroatoms. The lowest BCUT2D eigenvalue weighted by molar-refractivity contribution is -0.173. The maximum Gasteiger partial charge on any atom is 0.411 e. The van der Waals surface area contributed by atoms with Crippen molar-refractivity contribution in [2.75, 3.05) is 19.8 Å². The number of hydrogen-bond acceptors (Lipinski definition) is 2. The molecule has 0 aromatic carbocycles. The number of hydrogen-bond donors (Lipinski definition) is 1. The van der Waals surface area contributed by atoms with Crippen molar-refractivity contribution in [3.05, 3.63) is 0 Å². The smallest absolute Gasteiger partial charge is 0.370 e. The highest BCUT2D eigenvalue weighted by Crippen LogP contribution is 2.13. The van der Waals surface area contributed by atoms with Gasteiger partial charge in [0.2, 0.25) is 5.91 Å². The van der Waals surface area contributed by atoms with Crippen molar-refractivity contribution in [2.45, 2.75) is 18.5 Å². The van der Waals surface area contributed by atoms with Crippen LogP contribution in [0.1, 0.15) is 6.92 Å². The molecular weight excluding hydrogens is 223 g/mol. The summed E-state index contributed by atoms with van der Waals surface area (Å²) in [6.07, 6.45) is -4.33. The normalized spacial score (nSPS) is 13.8. The van der Waals surface area contributed by atoms with Gasteiger partial charge in [0.15, 0.2) is 0 Å². The Morgan fingerprint density at radius 1 is 1.57 bits per heavy atom. The maximum absolute atomic E-state index is 11.5. The Labute approximate surface area is 84.6 Å². The fourth-order valence-corrected chi connectivity index (χ4v) is 0.652. The van der Waals surface area contributed by atoms with Gasteiger partial charge in [-0.05, 0) is 6.92 Å². The SMILES string of the molecule is CC(Cl)C(=O)NCCOCC(F)(F)F. The molecule has 3 nitrogen and oxygen atoms in total. The predicted molar refractivity (Wildman–Crippen MR) is 45.2 cm³/mol. The summed E-state index contributed by atoms with van der Waals surface area (Å²) < 4.78 is 38.9. The van der Waals surface area contributed by atoms with Crippen molar-refractivity contribution in [3.8, 4) is 0 Å². The summed E-state index contributed by atoms with van der Waals surface area (Å²) in [6, 6.07) is 0. The maximum atomic E-state index is 11.5. The molecule has 0 fully saturated rings. The summed E-state index contributed by atoms with van der Waals surface area (Å²) in [5, 5.41) is 1.61. The Kier molecular flexibility index (Phi) is 5.87. The molecule has 0 radical (unpaired) electrons. The van der Waals surface area contributed by atoms with Crippen LogP contribution in [-0.2, 0) is 9.53 Å². The molecule has 84 valence electrons. The molecule has 14 heavy (non-hydrogen) atoms. The lowest BCUT2D eigenvalue weighted by Crippen LogP contribution is -2.33. The van der Waals surface area contributed by atoms with Crippen LogP contribution in [0.5, 0.6) is 0 Å². The number of nitrogens with one attached hydrogen (secondary N) is 1. The van der Waals surface area contributed by atoms with E-state index in [1.165, 1.54) is 6.92 Å². The highest BCUT2D eigenvalue weighted by Gasteiger charge is 2.27. The second-order valence-corrected chi connectivity index (χ2v) is 3.23. The monoisotopic (exact) mass is 233 g/mol. The van der Waals surface area contributed by atoms with Crippen LogP contribution in [0.3, 0.4) is 0 Å². The van der Waals surface area contributed by atoms with Gasteiger partial charge in [0.05, 0.1) is 6.61 Å². The van der Waals surface area contributed by atoms with Gasteiger partial charge in [-0.3, -0.25) is 4.79 Å². The van der Waals surface area contributed by atoms with Crippen LogP contribution in [0.4, 0.5) is 13.2 Å². The van der Waals surface area contributed by atoms with Crippen LogP contribution in [0.2, 0.25) is 0 Å². The first-order valence-electron chi connectivity index (χ1n) is 3.89. The van der Waals surface area contributed by atoms with Crippen LogP contribution >= 0.6 is 11.6 Å². The number of carbonyl (C=O) groups excluding carboxylic acids is 1. The van der Waals surface area contributed by atoms with Gasteiger partial charge < -0.3 is 10.1 Å². The van der Waals surface area contributed by atoms with E-state index in [1.807, 2.05) is 0 Å². The van der Waals surface area contributed by atoms with E-state index in [0.717, 1.165) is 0 Å². The number of alkyl halides is 4. The molecule has 0 aliphatic rings. The Hall–Kier alpha value is -0.490. The predicted octanol–water partition coefficient (Wildman–Crippen LogP) is 1.31. The molecule has 0 spiro atoms. The number of ether oxygens (including phenoxy) is 1. The Balaban J connectivity index is 3.35. The van der Waals surface area contributed by atoms with E-state index < -0.39 is 24.1 Å². The van der Waals surface area contributed by atoms with E-state index in [0.29, 0.717) is 0 Å². The van der Waals surface area contributed by atoms with Crippen LogP contribution in [0, 0.1) is 0 Å². The zero-order valence-electron chi connectivity index (χ0n) is 7.53. The molecule has 0 heterocycles. The molecule has 0 saturated carbocycles. The van der Waals surface area contributed by atoms with E-state index >= 15 is 0 Å². The average molecular weight is 234 g/mol. The third kappa shape index (κ3) is 8.12. The molecule has 1 atom stereocenters. The quantitative estimate of drug-likeness (QED) is 0.574. The van der Waals surface area contributed by atoms with Gasteiger partial charge in [-0.25, -0.2) is 0 Å². The molecule has 0 bridgehead atoms. The molecule has 0 aromatic heterocycles. The number of carbonyl (C=O) groups is 1. The van der Waals surface area contributed by atoms with Gasteiger partial charge in [-0.15, -0.1) is 11.6 Å². The lowest BCUT2D eigenvalue weighted by Gasteiger charge is -2.08. The molecule has 0 saturated heterocycles. The van der Waals surface area contributed by atoms with Crippen LogP contribution in [-0.4, -0.2) is 37.2 Å². The minimum absolute atomic E-state index is 0.0198. The number of halogens is 4. The minimum atomic E-state index is -4.33. The van der Waals surface area contributed by atoms with Gasteiger partial charge >= 0.3 is 6.18 Å². The van der Waals surface area contributed by atoms with Crippen molar-refractivity contribution in [1.82, 2.24) is 5.32 Å². The van der Waals surface area contributed by atoms with Crippen LogP contribution in [0.25, 0.3) is 0 Å². The minimum Gasteiger partial charge on any atom is -0.370 e. The number of amides is 1. The van der Waals surface area contributed by atoms with Crippen LogP contribution < -0.4 is 5.32 Å². The Morgan fingerprint density at radius 3 is 2.57 bits per heavy atom. The Morgan fingerprint density at radius 2 is 2.14 bits per heavy atom. The summed E-state index contributed by atoms with van der Waals surface area (Å²) in [6.45, 7) is -0.00636. The van der Waals surface area contributed by atoms with Gasteiger partial charge in [0.25, 0.3) is 0 Å². The largest absolute Gasteiger partial charge is 0.411 e. The molecule has 0 aromatic rings. The molecular formula is C7H11ClF3NO2. The van der Waals surface area contributed by atoms with Crippen molar-refractivity contribution in [2.24, 2.45) is 0 Å². The van der Waals surface area contributed by atoms with Crippen molar-refractivity contribution < 1.29 is 22.7 Å². The molecule has 1 unspecified atom stereocenters. The summed E-state index contributed by atoms with van der Waals surface area (Å²) in [5.41, 5.74) is 0. The molecule has 0 aliphatic heterocycles. The van der Waals surface area contributed by atoms with E-state index in [4.69, 9.17) is 11.6 Å². The van der Waals surface area contributed by atoms with Gasteiger partial charge in [-0.1, -0.05) is 0 Å². The molecule has 0 rings (SSSR count). The second-order valence-electron chi connectivity index (χ2n) is 2.57. The van der Waals surface area contributed by atoms with Gasteiger partial charge in [0, 0.05) is 6.54 Å². The highest BCUT2D eigenvalue weighted by atomic mass is 35.5. The van der Waals surface area contributed by atoms with E-state index in [-0.39, 0.29) is 13.2 Å². The second kappa shape index (κ2) is 6.08. The molecule has 1 N–H and O–H groups in total. The van der Waals surface area contributed by atoms with Crippen molar-refractivity contribution in [3.63, 3.8) is 0 Å². The van der Waals surface area contributed by atoms with Gasteiger partial charge in [-0.2, -0.15) is 13.2 Å². The molecule has 0 aliphatic carbocycles. The number of rotatable bonds is 5. The summed E-state index contributed by atoms with van der Waals surface area (Å²) in [4.78, 5) is 10.8. The first-order valence-corrected chi connectivity index (χ1v) is 4.33. The van der Waals surface area contributed by atoms with E-state index in [9.17, 15) is 18.0 Å². The summed E-state index contributed by atoms with van der Waals surface area (Å²) in [5.74, 6) is -0.428. The fraction of sp³-hybridized carbons (Fsp3) is 0.857. The standard InChI is InChI=1S/C7H11ClF3NO2/c1-5(8)6(13)12-2-3-14-4-7(9,10)11/h5H,2-4H2,1H3,(H,12,13). The Bertz CT molecular complexity index is 184. The zero-order valence-corrected chi connectivity index (χ0v) is 8.28. The highest BCUT2D eigenvalue weighted by molar-refractivity contribution is 6.30. The molecule has 1 amide bonds. The summed E-state index contributed by atoms with van der Waals surface area (Å²) in [7, 11) is 0. The van der Waals surface area contributed by atoms with Crippen LogP contribution in [0.15, 0.2) is 0 Å². The van der Waals surface area contributed by atoms with E-state index in [1.54, 1.807) is 0 Å². The van der Waals surface area contributed by atoms with Crippen molar-refractivity contribution in [1.29, 1.82) is 0 Å². The summed E-state index contributed by atoms with van der Waals surface area (Å²) >= 11 is 5.38. The fourth-order valence-electron chi connectivity index (χ4n) is 0.575. The van der Waals surface area contributed by atoms with E-state index in [2.05, 4.69) is 10.1 Å². The first kappa shape index (κ1) is 13.5. The average Bonchev–Trinajstić information content (AvgIpc) is 2.01. The van der Waals surface area contributed by atoms with Gasteiger partial charge in [0.1, 0.15) is 12.0 Å². The first-order chi connectivity index (χ1) is 6.33.